The Kier molecular flexibility index (Phi) is 3.19. The van der Waals surface area contributed by atoms with Crippen LogP contribution in [0.15, 0.2) is 18.2 Å². The lowest BCUT2D eigenvalue weighted by molar-refractivity contribution is 0.264. The molecule has 1 saturated heterocycles. The highest BCUT2D eigenvalue weighted by Crippen LogP contribution is 2.23. The number of halogens is 2. The van der Waals surface area contributed by atoms with Crippen LogP contribution in [0.4, 0.5) is 4.39 Å². The number of nitrogens with one attached hydrogen (secondary N) is 2. The number of hydrogen-bond donors (Lipinski definition) is 2. The molecule has 1 aliphatic rings. The highest BCUT2D eigenvalue weighted by Gasteiger charge is 2.27. The molecule has 1 aromatic rings. The van der Waals surface area contributed by atoms with Gasteiger partial charge in [-0.15, -0.1) is 0 Å². The van der Waals surface area contributed by atoms with Crippen molar-refractivity contribution in [3.8, 4) is 0 Å². The van der Waals surface area contributed by atoms with E-state index >= 15 is 0 Å². The Bertz CT molecular complexity index is 393. The molecule has 1 fully saturated rings. The van der Waals surface area contributed by atoms with Gasteiger partial charge in [0.25, 0.3) is 0 Å². The predicted molar refractivity (Wildman–Crippen MR) is 64.2 cm³/mol. The van der Waals surface area contributed by atoms with Gasteiger partial charge in [-0.05, 0) is 31.5 Å². The molecule has 0 aromatic heterocycles. The topological polar surface area (TPSA) is 24.1 Å². The van der Waals surface area contributed by atoms with Gasteiger partial charge < -0.3 is 10.6 Å². The van der Waals surface area contributed by atoms with E-state index in [1.807, 2.05) is 6.07 Å². The molecule has 0 amide bonds. The third kappa shape index (κ3) is 2.54. The summed E-state index contributed by atoms with van der Waals surface area (Å²) in [6.45, 7) is 5.97. The molecule has 0 radical (unpaired) electrons. The van der Waals surface area contributed by atoms with Gasteiger partial charge in [0.2, 0.25) is 0 Å². The lowest BCUT2D eigenvalue weighted by atomic mass is 9.96. The third-order valence-corrected chi connectivity index (χ3v) is 3.13. The molecule has 1 aromatic carbocycles. The van der Waals surface area contributed by atoms with E-state index in [-0.39, 0.29) is 22.4 Å². The van der Waals surface area contributed by atoms with E-state index in [0.717, 1.165) is 18.7 Å². The molecule has 1 atom stereocenters. The molecule has 88 valence electrons. The quantitative estimate of drug-likeness (QED) is 0.791. The summed E-state index contributed by atoms with van der Waals surface area (Å²) in [5, 5.41) is 7.00. The fourth-order valence-corrected chi connectivity index (χ4v) is 2.15. The zero-order chi connectivity index (χ0) is 11.8. The molecule has 0 saturated carbocycles. The van der Waals surface area contributed by atoms with Crippen LogP contribution in [-0.4, -0.2) is 18.6 Å². The minimum Gasteiger partial charge on any atom is -0.313 e. The van der Waals surface area contributed by atoms with E-state index in [9.17, 15) is 4.39 Å². The van der Waals surface area contributed by atoms with Crippen molar-refractivity contribution in [2.45, 2.75) is 25.4 Å². The number of hydrogen-bond acceptors (Lipinski definition) is 2. The molecule has 2 nitrogen and oxygen atoms in total. The molecule has 4 heteroatoms. The first kappa shape index (κ1) is 11.8. The number of rotatable bonds is 1. The molecule has 0 aliphatic carbocycles. The number of benzene rings is 1. The standard InChI is InChI=1S/C12H16ClFN2/c1-12(2)7-15-6-11(16-12)8-3-4-9(13)10(14)5-8/h3-5,11,15-16H,6-7H2,1-2H3. The molecule has 1 heterocycles. The third-order valence-electron chi connectivity index (χ3n) is 2.83. The van der Waals surface area contributed by atoms with Gasteiger partial charge in [0.05, 0.1) is 5.02 Å². The van der Waals surface area contributed by atoms with Crippen LogP contribution in [0.25, 0.3) is 0 Å². The first-order chi connectivity index (χ1) is 7.48. The van der Waals surface area contributed by atoms with E-state index in [1.165, 1.54) is 6.07 Å². The van der Waals surface area contributed by atoms with Gasteiger partial charge in [0, 0.05) is 24.7 Å². The van der Waals surface area contributed by atoms with Crippen LogP contribution >= 0.6 is 11.6 Å². The van der Waals surface area contributed by atoms with Crippen LogP contribution in [0, 0.1) is 5.82 Å². The van der Waals surface area contributed by atoms with Crippen molar-refractivity contribution in [1.82, 2.24) is 10.6 Å². The summed E-state index contributed by atoms with van der Waals surface area (Å²) in [7, 11) is 0. The van der Waals surface area contributed by atoms with Crippen LogP contribution in [-0.2, 0) is 0 Å². The lowest BCUT2D eigenvalue weighted by Gasteiger charge is -2.38. The minimum atomic E-state index is -0.357. The maximum absolute atomic E-state index is 13.3. The Morgan fingerprint density at radius 1 is 1.44 bits per heavy atom. The van der Waals surface area contributed by atoms with Gasteiger partial charge in [-0.1, -0.05) is 17.7 Å². The highest BCUT2D eigenvalue weighted by atomic mass is 35.5. The highest BCUT2D eigenvalue weighted by molar-refractivity contribution is 6.30. The zero-order valence-electron chi connectivity index (χ0n) is 9.48. The maximum atomic E-state index is 13.3. The predicted octanol–water partition coefficient (Wildman–Crippen LogP) is 2.49. The molecule has 2 rings (SSSR count). The van der Waals surface area contributed by atoms with Gasteiger partial charge in [-0.2, -0.15) is 0 Å². The second-order valence-corrected chi connectivity index (χ2v) is 5.29. The molecule has 2 N–H and O–H groups in total. The van der Waals surface area contributed by atoms with E-state index in [0.29, 0.717) is 0 Å². The monoisotopic (exact) mass is 242 g/mol. The molecule has 0 spiro atoms. The minimum absolute atomic E-state index is 0.0268. The first-order valence-electron chi connectivity index (χ1n) is 5.41. The van der Waals surface area contributed by atoms with Crippen molar-refractivity contribution < 1.29 is 4.39 Å². The normalized spacial score (nSPS) is 24.4. The van der Waals surface area contributed by atoms with Crippen LogP contribution in [0.1, 0.15) is 25.5 Å². The van der Waals surface area contributed by atoms with Crippen LogP contribution in [0.2, 0.25) is 5.02 Å². The van der Waals surface area contributed by atoms with Gasteiger partial charge in [-0.3, -0.25) is 0 Å². The Labute approximate surface area is 100 Å². The second kappa shape index (κ2) is 4.32. The molecular formula is C12H16ClFN2. The van der Waals surface area contributed by atoms with Crippen molar-refractivity contribution in [3.05, 3.63) is 34.6 Å². The molecule has 16 heavy (non-hydrogen) atoms. The largest absolute Gasteiger partial charge is 0.313 e. The molecular weight excluding hydrogens is 227 g/mol. The average Bonchev–Trinajstić information content (AvgIpc) is 2.20. The van der Waals surface area contributed by atoms with Crippen molar-refractivity contribution in [1.29, 1.82) is 0 Å². The molecule has 0 bridgehead atoms. The first-order valence-corrected chi connectivity index (χ1v) is 5.79. The number of piperazine rings is 1. The Balaban J connectivity index is 2.20. The van der Waals surface area contributed by atoms with Gasteiger partial charge in [-0.25, -0.2) is 4.39 Å². The summed E-state index contributed by atoms with van der Waals surface area (Å²) in [4.78, 5) is 0. The van der Waals surface area contributed by atoms with Crippen molar-refractivity contribution in [2.75, 3.05) is 13.1 Å². The van der Waals surface area contributed by atoms with Crippen LogP contribution in [0.5, 0.6) is 0 Å². The Morgan fingerprint density at radius 2 is 2.19 bits per heavy atom. The van der Waals surface area contributed by atoms with Crippen molar-refractivity contribution >= 4 is 11.6 Å². The fraction of sp³-hybridized carbons (Fsp3) is 0.500. The average molecular weight is 243 g/mol. The Morgan fingerprint density at radius 3 is 2.81 bits per heavy atom. The summed E-state index contributed by atoms with van der Waals surface area (Å²) in [6.07, 6.45) is 0. The maximum Gasteiger partial charge on any atom is 0.142 e. The van der Waals surface area contributed by atoms with Crippen molar-refractivity contribution in [3.63, 3.8) is 0 Å². The van der Waals surface area contributed by atoms with Crippen LogP contribution < -0.4 is 10.6 Å². The summed E-state index contributed by atoms with van der Waals surface area (Å²) in [5.74, 6) is -0.357. The summed E-state index contributed by atoms with van der Waals surface area (Å²) < 4.78 is 13.3. The summed E-state index contributed by atoms with van der Waals surface area (Å²) in [6, 6.07) is 5.11. The SMILES string of the molecule is CC1(C)CNCC(c2ccc(Cl)c(F)c2)N1. The fourth-order valence-electron chi connectivity index (χ4n) is 2.03. The van der Waals surface area contributed by atoms with Crippen LogP contribution in [0.3, 0.4) is 0 Å². The van der Waals surface area contributed by atoms with E-state index in [2.05, 4.69) is 24.5 Å². The van der Waals surface area contributed by atoms with E-state index in [1.54, 1.807) is 6.07 Å². The van der Waals surface area contributed by atoms with E-state index < -0.39 is 0 Å². The van der Waals surface area contributed by atoms with Gasteiger partial charge >= 0.3 is 0 Å². The molecule has 1 unspecified atom stereocenters. The van der Waals surface area contributed by atoms with Crippen molar-refractivity contribution in [2.24, 2.45) is 0 Å². The second-order valence-electron chi connectivity index (χ2n) is 4.89. The summed E-state index contributed by atoms with van der Waals surface area (Å²) in [5.41, 5.74) is 0.959. The summed E-state index contributed by atoms with van der Waals surface area (Å²) >= 11 is 5.66. The van der Waals surface area contributed by atoms with Gasteiger partial charge in [0.15, 0.2) is 0 Å². The Hall–Kier alpha value is -0.640. The zero-order valence-corrected chi connectivity index (χ0v) is 10.2. The van der Waals surface area contributed by atoms with Gasteiger partial charge in [0.1, 0.15) is 5.82 Å². The molecule has 1 aliphatic heterocycles. The smallest absolute Gasteiger partial charge is 0.142 e. The van der Waals surface area contributed by atoms with E-state index in [4.69, 9.17) is 11.6 Å². The lowest BCUT2D eigenvalue weighted by Crippen LogP contribution is -2.56.